The normalized spacial score (nSPS) is 17.0. The van der Waals surface area contributed by atoms with Gasteiger partial charge in [-0.05, 0) is 17.8 Å². The summed E-state index contributed by atoms with van der Waals surface area (Å²) < 4.78 is 11.3. The van der Waals surface area contributed by atoms with Gasteiger partial charge in [-0.1, -0.05) is 30.3 Å². The average molecular weight is 441 g/mol. The van der Waals surface area contributed by atoms with E-state index in [9.17, 15) is 24.5 Å². The van der Waals surface area contributed by atoms with E-state index in [1.54, 1.807) is 30.3 Å². The molecule has 4 rings (SSSR count). The first-order chi connectivity index (χ1) is 14.9. The minimum atomic E-state index is -0.584. The van der Waals surface area contributed by atoms with Crippen molar-refractivity contribution in [3.63, 3.8) is 0 Å². The maximum atomic E-state index is 12.7. The molecule has 2 aliphatic heterocycles. The Balaban J connectivity index is 1.50. The average Bonchev–Trinajstić information content (AvgIpc) is 3.10. The maximum Gasteiger partial charge on any atom is 0.291 e. The van der Waals surface area contributed by atoms with Crippen LogP contribution >= 0.6 is 11.8 Å². The van der Waals surface area contributed by atoms with Gasteiger partial charge in [0.2, 0.25) is 0 Å². The molecule has 1 N–H and O–H groups in total. The van der Waals surface area contributed by atoms with Gasteiger partial charge < -0.3 is 14.4 Å². The SMILES string of the molecule is O=C1NC(=O)C(=C(OCCN2COc3ccc([N+](=O)[O-])cc3C2=O)c2ccccc2)S1. The number of non-ortho nitro benzene ring substituents is 1. The van der Waals surface area contributed by atoms with Crippen LogP contribution in [0.4, 0.5) is 10.5 Å². The van der Waals surface area contributed by atoms with Crippen LogP contribution in [0.25, 0.3) is 5.76 Å². The summed E-state index contributed by atoms with van der Waals surface area (Å²) in [6.07, 6.45) is 0. The van der Waals surface area contributed by atoms with Gasteiger partial charge in [-0.15, -0.1) is 0 Å². The number of amides is 3. The molecule has 0 bridgehead atoms. The number of nitro groups is 1. The number of hydrogen-bond donors (Lipinski definition) is 1. The fourth-order valence-electron chi connectivity index (χ4n) is 3.06. The number of hydrogen-bond acceptors (Lipinski definition) is 8. The van der Waals surface area contributed by atoms with Gasteiger partial charge in [0.05, 0.1) is 17.0 Å². The van der Waals surface area contributed by atoms with Crippen molar-refractivity contribution in [2.75, 3.05) is 19.9 Å². The number of ether oxygens (including phenoxy) is 2. The number of nitrogens with zero attached hydrogens (tertiary/aromatic N) is 2. The summed E-state index contributed by atoms with van der Waals surface area (Å²) in [6.45, 7) is 0.0674. The van der Waals surface area contributed by atoms with Gasteiger partial charge in [-0.2, -0.15) is 0 Å². The number of carbonyl (C=O) groups is 3. The first kappa shape index (κ1) is 20.4. The van der Waals surface area contributed by atoms with E-state index < -0.39 is 22.0 Å². The summed E-state index contributed by atoms with van der Waals surface area (Å²) in [4.78, 5) is 48.3. The van der Waals surface area contributed by atoms with Crippen LogP contribution in [0, 0.1) is 10.1 Å². The number of imide groups is 1. The fourth-order valence-corrected chi connectivity index (χ4v) is 3.80. The van der Waals surface area contributed by atoms with Gasteiger partial charge in [-0.3, -0.25) is 29.8 Å². The number of rotatable bonds is 6. The van der Waals surface area contributed by atoms with E-state index in [4.69, 9.17) is 9.47 Å². The minimum Gasteiger partial charge on any atom is -0.490 e. The predicted molar refractivity (Wildman–Crippen MR) is 110 cm³/mol. The zero-order valence-corrected chi connectivity index (χ0v) is 16.7. The molecule has 0 spiro atoms. The molecule has 0 radical (unpaired) electrons. The summed E-state index contributed by atoms with van der Waals surface area (Å²) in [6, 6.07) is 12.7. The molecule has 158 valence electrons. The highest BCUT2D eigenvalue weighted by atomic mass is 32.2. The molecular formula is C20H15N3O7S. The van der Waals surface area contributed by atoms with Gasteiger partial charge >= 0.3 is 0 Å². The van der Waals surface area contributed by atoms with Gasteiger partial charge in [0.15, 0.2) is 6.73 Å². The largest absolute Gasteiger partial charge is 0.490 e. The van der Waals surface area contributed by atoms with Crippen molar-refractivity contribution in [1.82, 2.24) is 10.2 Å². The van der Waals surface area contributed by atoms with E-state index in [-0.39, 0.29) is 47.5 Å². The predicted octanol–water partition coefficient (Wildman–Crippen LogP) is 2.76. The molecule has 1 fully saturated rings. The van der Waals surface area contributed by atoms with Gasteiger partial charge in [0.1, 0.15) is 23.0 Å². The lowest BCUT2D eigenvalue weighted by Gasteiger charge is -2.28. The molecule has 0 atom stereocenters. The number of nitro benzene ring substituents is 1. The van der Waals surface area contributed by atoms with Crippen molar-refractivity contribution in [2.45, 2.75) is 0 Å². The van der Waals surface area contributed by atoms with E-state index in [2.05, 4.69) is 5.32 Å². The summed E-state index contributed by atoms with van der Waals surface area (Å²) in [7, 11) is 0. The van der Waals surface area contributed by atoms with Crippen molar-refractivity contribution in [3.8, 4) is 5.75 Å². The Morgan fingerprint density at radius 3 is 2.65 bits per heavy atom. The van der Waals surface area contributed by atoms with E-state index in [0.717, 1.165) is 11.8 Å². The second kappa shape index (κ2) is 8.48. The van der Waals surface area contributed by atoms with Crippen LogP contribution in [0.3, 0.4) is 0 Å². The molecule has 0 saturated carbocycles. The third-order valence-electron chi connectivity index (χ3n) is 4.53. The Kier molecular flexibility index (Phi) is 5.58. The molecule has 2 aromatic carbocycles. The Labute approximate surface area is 180 Å². The van der Waals surface area contributed by atoms with Crippen LogP contribution in [-0.2, 0) is 9.53 Å². The monoisotopic (exact) mass is 441 g/mol. The molecule has 2 heterocycles. The van der Waals surface area contributed by atoms with Crippen LogP contribution in [0.1, 0.15) is 15.9 Å². The number of benzene rings is 2. The van der Waals surface area contributed by atoms with E-state index in [1.807, 2.05) is 0 Å². The molecule has 31 heavy (non-hydrogen) atoms. The van der Waals surface area contributed by atoms with Crippen molar-refractivity contribution in [3.05, 3.63) is 74.7 Å². The number of carbonyl (C=O) groups excluding carboxylic acids is 3. The first-order valence-corrected chi connectivity index (χ1v) is 9.92. The molecule has 10 nitrogen and oxygen atoms in total. The first-order valence-electron chi connectivity index (χ1n) is 9.10. The molecule has 0 aliphatic carbocycles. The van der Waals surface area contributed by atoms with Crippen LogP contribution in [0.2, 0.25) is 0 Å². The maximum absolute atomic E-state index is 12.7. The highest BCUT2D eigenvalue weighted by molar-refractivity contribution is 8.18. The summed E-state index contributed by atoms with van der Waals surface area (Å²) in [5, 5.41) is 12.7. The lowest BCUT2D eigenvalue weighted by molar-refractivity contribution is -0.384. The second-order valence-electron chi connectivity index (χ2n) is 6.50. The third kappa shape index (κ3) is 4.21. The van der Waals surface area contributed by atoms with Crippen LogP contribution in [0.5, 0.6) is 5.75 Å². The molecule has 1 saturated heterocycles. The Morgan fingerprint density at radius 1 is 1.19 bits per heavy atom. The third-order valence-corrected chi connectivity index (χ3v) is 5.40. The van der Waals surface area contributed by atoms with Crippen LogP contribution < -0.4 is 10.1 Å². The number of fused-ring (bicyclic) bond motifs is 1. The quantitative estimate of drug-likeness (QED) is 0.314. The highest BCUT2D eigenvalue weighted by Gasteiger charge is 2.31. The minimum absolute atomic E-state index is 0.00905. The van der Waals surface area contributed by atoms with Crippen LogP contribution in [0.15, 0.2) is 53.4 Å². The zero-order chi connectivity index (χ0) is 22.0. The molecule has 11 heteroatoms. The molecule has 0 unspecified atom stereocenters. The lowest BCUT2D eigenvalue weighted by Crippen LogP contribution is -2.40. The summed E-state index contributed by atoms with van der Waals surface area (Å²) in [5.41, 5.74) is 0.495. The van der Waals surface area contributed by atoms with Crippen molar-refractivity contribution < 1.29 is 28.8 Å². The lowest BCUT2D eigenvalue weighted by atomic mass is 10.1. The van der Waals surface area contributed by atoms with Gasteiger partial charge in [0, 0.05) is 17.7 Å². The topological polar surface area (TPSA) is 128 Å². The van der Waals surface area contributed by atoms with Crippen molar-refractivity contribution >= 4 is 40.3 Å². The van der Waals surface area contributed by atoms with E-state index in [0.29, 0.717) is 5.56 Å². The van der Waals surface area contributed by atoms with Gasteiger partial charge in [-0.25, -0.2) is 0 Å². The molecule has 2 aliphatic rings. The number of thioether (sulfide) groups is 1. The van der Waals surface area contributed by atoms with Crippen molar-refractivity contribution in [1.29, 1.82) is 0 Å². The van der Waals surface area contributed by atoms with E-state index in [1.165, 1.54) is 23.1 Å². The zero-order valence-electron chi connectivity index (χ0n) is 15.9. The van der Waals surface area contributed by atoms with Crippen LogP contribution in [-0.4, -0.2) is 46.8 Å². The smallest absolute Gasteiger partial charge is 0.291 e. The highest BCUT2D eigenvalue weighted by Crippen LogP contribution is 2.33. The molecule has 0 aromatic heterocycles. The molecular weight excluding hydrogens is 426 g/mol. The Hall–Kier alpha value is -3.86. The van der Waals surface area contributed by atoms with Crippen molar-refractivity contribution in [2.24, 2.45) is 0 Å². The summed E-state index contributed by atoms with van der Waals surface area (Å²) in [5.74, 6) is -0.467. The fraction of sp³-hybridized carbons (Fsp3) is 0.150. The molecule has 3 amide bonds. The second-order valence-corrected chi connectivity index (χ2v) is 7.48. The summed E-state index contributed by atoms with van der Waals surface area (Å²) >= 11 is 0.744. The standard InChI is InChI=1S/C20H15N3O7S/c24-18-17(31-20(26)21-18)16(12-4-2-1-3-5-12)29-9-8-22-11-30-15-7-6-13(23(27)28)10-14(15)19(22)25/h1-7,10H,8-9,11H2,(H,21,24,26). The molecule has 2 aromatic rings. The number of nitrogens with one attached hydrogen (secondary N) is 1. The van der Waals surface area contributed by atoms with Gasteiger partial charge in [0.25, 0.3) is 22.7 Å². The Morgan fingerprint density at radius 2 is 1.97 bits per heavy atom. The Bertz CT molecular complexity index is 1120. The van der Waals surface area contributed by atoms with E-state index >= 15 is 0 Å².